The quantitative estimate of drug-likeness (QED) is 0.370. The smallest absolute Gasteiger partial charge is 0.435 e. The normalized spacial score (nSPS) is 14.0. The Morgan fingerprint density at radius 2 is 1.97 bits per heavy atom. The van der Waals surface area contributed by atoms with Gasteiger partial charge in [-0.05, 0) is 37.1 Å². The van der Waals surface area contributed by atoms with Gasteiger partial charge in [-0.2, -0.15) is 27.1 Å². The monoisotopic (exact) mass is 506 g/mol. The van der Waals surface area contributed by atoms with E-state index in [4.69, 9.17) is 11.6 Å². The molecule has 0 radical (unpaired) electrons. The van der Waals surface area contributed by atoms with E-state index in [1.165, 1.54) is 16.8 Å². The van der Waals surface area contributed by atoms with Crippen molar-refractivity contribution in [2.75, 3.05) is 5.32 Å². The van der Waals surface area contributed by atoms with E-state index in [0.717, 1.165) is 24.2 Å². The molecular weight excluding hydrogens is 491 g/mol. The highest BCUT2D eigenvalue weighted by atomic mass is 35.5. The third-order valence-electron chi connectivity index (χ3n) is 4.84. The summed E-state index contributed by atoms with van der Waals surface area (Å²) >= 11 is 7.08. The number of nitrogens with one attached hydrogen (secondary N) is 1. The van der Waals surface area contributed by atoms with E-state index in [1.54, 1.807) is 17.5 Å². The molecule has 0 bridgehead atoms. The molecule has 1 N–H and O–H groups in total. The van der Waals surface area contributed by atoms with Crippen LogP contribution in [0.1, 0.15) is 36.6 Å². The Labute approximate surface area is 193 Å². The molecule has 0 atom stereocenters. The van der Waals surface area contributed by atoms with Gasteiger partial charge in [0.05, 0.1) is 23.0 Å². The van der Waals surface area contributed by atoms with Crippen molar-refractivity contribution >= 4 is 34.0 Å². The number of halogens is 6. The topological polar surface area (TPSA) is 69.0 Å². The molecule has 1 fully saturated rings. The van der Waals surface area contributed by atoms with E-state index >= 15 is 0 Å². The molecule has 4 rings (SSSR count). The number of aromatic nitrogens is 3. The molecule has 0 spiro atoms. The summed E-state index contributed by atoms with van der Waals surface area (Å²) in [7, 11) is 0. The average Bonchev–Trinajstić information content (AvgIpc) is 3.36. The zero-order chi connectivity index (χ0) is 23.8. The number of carbonyl (C=O) groups excluding carboxylic acids is 1. The van der Waals surface area contributed by atoms with Crippen molar-refractivity contribution in [2.24, 2.45) is 0 Å². The van der Waals surface area contributed by atoms with Crippen LogP contribution in [0.15, 0.2) is 29.6 Å². The second-order valence-electron chi connectivity index (χ2n) is 7.28. The van der Waals surface area contributed by atoms with Gasteiger partial charge >= 0.3 is 12.8 Å². The van der Waals surface area contributed by atoms with Gasteiger partial charge in [0.25, 0.3) is 0 Å². The maximum Gasteiger partial charge on any atom is 0.436 e. The lowest BCUT2D eigenvalue weighted by molar-refractivity contribution is -0.141. The molecule has 176 valence electrons. The molecule has 1 aromatic carbocycles. The predicted octanol–water partition coefficient (Wildman–Crippen LogP) is 6.19. The number of rotatable bonds is 8. The minimum Gasteiger partial charge on any atom is -0.435 e. The molecule has 0 unspecified atom stereocenters. The highest BCUT2D eigenvalue weighted by Gasteiger charge is 2.42. The van der Waals surface area contributed by atoms with E-state index in [0.29, 0.717) is 22.1 Å². The van der Waals surface area contributed by atoms with Gasteiger partial charge in [0.15, 0.2) is 10.8 Å². The first-order valence-electron chi connectivity index (χ1n) is 9.76. The van der Waals surface area contributed by atoms with Crippen LogP contribution in [-0.2, 0) is 17.5 Å². The first-order chi connectivity index (χ1) is 15.6. The second-order valence-corrected chi connectivity index (χ2v) is 8.52. The molecule has 1 saturated carbocycles. The van der Waals surface area contributed by atoms with Crippen LogP contribution in [0.3, 0.4) is 0 Å². The van der Waals surface area contributed by atoms with Gasteiger partial charge < -0.3 is 10.1 Å². The molecule has 1 aliphatic rings. The molecule has 0 saturated heterocycles. The number of nitrogens with zero attached hydrogens (tertiary/aromatic N) is 3. The molecule has 6 nitrogen and oxygen atoms in total. The van der Waals surface area contributed by atoms with E-state index in [2.05, 4.69) is 20.1 Å². The van der Waals surface area contributed by atoms with Gasteiger partial charge in [-0.15, -0.1) is 11.3 Å². The van der Waals surface area contributed by atoms with Gasteiger partial charge in [0.2, 0.25) is 5.91 Å². The Balaban J connectivity index is 1.38. The zero-order valence-electron chi connectivity index (χ0n) is 16.7. The van der Waals surface area contributed by atoms with Gasteiger partial charge in [-0.3, -0.25) is 9.48 Å². The lowest BCUT2D eigenvalue weighted by Gasteiger charge is -2.07. The number of alkyl halides is 5. The summed E-state index contributed by atoms with van der Waals surface area (Å²) in [6, 6.07) is 5.86. The third-order valence-corrected chi connectivity index (χ3v) is 5.97. The average molecular weight is 507 g/mol. The Bertz CT molecular complexity index is 1140. The first-order valence-corrected chi connectivity index (χ1v) is 11.0. The number of anilines is 1. The fraction of sp³-hybridized carbons (Fsp3) is 0.350. The van der Waals surface area contributed by atoms with Crippen LogP contribution in [-0.4, -0.2) is 27.3 Å². The number of benzene rings is 1. The molecule has 1 aliphatic carbocycles. The lowest BCUT2D eigenvalue weighted by Crippen LogP contribution is -2.16. The molecule has 3 aromatic rings. The standard InChI is InChI=1S/C20H16ClF5N4O2S/c21-15-16(11-1-2-11)30(29-17(15)20(24,25)26)8-7-14(31)28-19-27-13(9-33-19)10-3-5-12(6-4-10)32-18(22)23/h3-6,9,11,18H,1-2,7-8H2,(H,27,28,31). The van der Waals surface area contributed by atoms with Crippen molar-refractivity contribution in [1.82, 2.24) is 14.8 Å². The van der Waals surface area contributed by atoms with Gasteiger partial charge in [-0.1, -0.05) is 11.6 Å². The summed E-state index contributed by atoms with van der Waals surface area (Å²) in [4.78, 5) is 16.6. The molecule has 1 amide bonds. The van der Waals surface area contributed by atoms with E-state index in [1.807, 2.05) is 0 Å². The van der Waals surface area contributed by atoms with Crippen molar-refractivity contribution < 1.29 is 31.5 Å². The van der Waals surface area contributed by atoms with Crippen LogP contribution in [0, 0.1) is 0 Å². The second kappa shape index (κ2) is 9.26. The summed E-state index contributed by atoms with van der Waals surface area (Å²) in [5.74, 6) is -0.517. The minimum atomic E-state index is -4.67. The summed E-state index contributed by atoms with van der Waals surface area (Å²) in [6.07, 6.45) is -3.34. The molecule has 33 heavy (non-hydrogen) atoms. The van der Waals surface area contributed by atoms with Crippen LogP contribution in [0.4, 0.5) is 27.1 Å². The highest BCUT2D eigenvalue weighted by Crippen LogP contribution is 2.47. The fourth-order valence-corrected chi connectivity index (χ4v) is 4.34. The summed E-state index contributed by atoms with van der Waals surface area (Å²) < 4.78 is 69.4. The number of carbonyl (C=O) groups is 1. The fourth-order valence-electron chi connectivity index (χ4n) is 3.21. The summed E-state index contributed by atoms with van der Waals surface area (Å²) in [6.45, 7) is -2.98. The van der Waals surface area contributed by atoms with Gasteiger partial charge in [-0.25, -0.2) is 4.98 Å². The van der Waals surface area contributed by atoms with Crippen molar-refractivity contribution in [3.05, 3.63) is 46.1 Å². The van der Waals surface area contributed by atoms with Crippen molar-refractivity contribution in [3.63, 3.8) is 0 Å². The number of amides is 1. The van der Waals surface area contributed by atoms with Crippen LogP contribution >= 0.6 is 22.9 Å². The Morgan fingerprint density at radius 3 is 2.58 bits per heavy atom. The Hall–Kier alpha value is -2.73. The van der Waals surface area contributed by atoms with E-state index in [9.17, 15) is 26.7 Å². The zero-order valence-corrected chi connectivity index (χ0v) is 18.3. The maximum absolute atomic E-state index is 13.1. The SMILES string of the molecule is O=C(CCn1nc(C(F)(F)F)c(Cl)c1C1CC1)Nc1nc(-c2ccc(OC(F)F)cc2)cs1. The number of hydrogen-bond acceptors (Lipinski definition) is 5. The maximum atomic E-state index is 13.1. The van der Waals surface area contributed by atoms with Gasteiger partial charge in [0, 0.05) is 23.3 Å². The Morgan fingerprint density at radius 1 is 1.27 bits per heavy atom. The van der Waals surface area contributed by atoms with E-state index < -0.39 is 29.4 Å². The number of aryl methyl sites for hydroxylation is 1. The molecule has 13 heteroatoms. The van der Waals surface area contributed by atoms with Crippen molar-refractivity contribution in [1.29, 1.82) is 0 Å². The van der Waals surface area contributed by atoms with Gasteiger partial charge in [0.1, 0.15) is 5.75 Å². The molecule has 2 heterocycles. The predicted molar refractivity (Wildman–Crippen MR) is 112 cm³/mol. The molecular formula is C20H16ClF5N4O2S. The summed E-state index contributed by atoms with van der Waals surface area (Å²) in [5.41, 5.74) is 0.325. The highest BCUT2D eigenvalue weighted by molar-refractivity contribution is 7.14. The van der Waals surface area contributed by atoms with Crippen molar-refractivity contribution in [3.8, 4) is 17.0 Å². The summed E-state index contributed by atoms with van der Waals surface area (Å²) in [5, 5.41) is 7.77. The van der Waals surface area contributed by atoms with Crippen LogP contribution in [0.2, 0.25) is 5.02 Å². The first kappa shape index (κ1) is 23.4. The number of thiazole rings is 1. The third kappa shape index (κ3) is 5.61. The molecule has 2 aromatic heterocycles. The van der Waals surface area contributed by atoms with Crippen LogP contribution in [0.25, 0.3) is 11.3 Å². The Kier molecular flexibility index (Phi) is 6.57. The minimum absolute atomic E-state index is 0.00970. The van der Waals surface area contributed by atoms with Crippen LogP contribution in [0.5, 0.6) is 5.75 Å². The van der Waals surface area contributed by atoms with E-state index in [-0.39, 0.29) is 24.6 Å². The number of hydrogen-bond donors (Lipinski definition) is 1. The van der Waals surface area contributed by atoms with Crippen molar-refractivity contribution in [2.45, 2.75) is 44.5 Å². The largest absolute Gasteiger partial charge is 0.436 e. The molecule has 0 aliphatic heterocycles. The van der Waals surface area contributed by atoms with Crippen LogP contribution < -0.4 is 10.1 Å². The number of ether oxygens (including phenoxy) is 1. The lowest BCUT2D eigenvalue weighted by atomic mass is 10.2.